The van der Waals surface area contributed by atoms with Gasteiger partial charge in [0.1, 0.15) is 0 Å². The quantitative estimate of drug-likeness (QED) is 0.475. The predicted molar refractivity (Wildman–Crippen MR) is 69.2 cm³/mol. The van der Waals surface area contributed by atoms with Crippen molar-refractivity contribution >= 4 is 17.3 Å². The molecule has 1 aromatic rings. The van der Waals surface area contributed by atoms with Crippen LogP contribution in [0.15, 0.2) is 29.5 Å². The molecule has 94 valence electrons. The summed E-state index contributed by atoms with van der Waals surface area (Å²) in [6.07, 6.45) is 1.71. The molecule has 2 aliphatic rings. The van der Waals surface area contributed by atoms with E-state index in [4.69, 9.17) is 10.5 Å². The fourth-order valence-electron chi connectivity index (χ4n) is 2.26. The van der Waals surface area contributed by atoms with Gasteiger partial charge in [-0.2, -0.15) is 0 Å². The van der Waals surface area contributed by atoms with Crippen molar-refractivity contribution in [2.75, 3.05) is 24.1 Å². The summed E-state index contributed by atoms with van der Waals surface area (Å²) in [5.74, 6) is 0.934. The summed E-state index contributed by atoms with van der Waals surface area (Å²) in [6, 6.07) is 5.25. The second kappa shape index (κ2) is 4.34. The van der Waals surface area contributed by atoms with Crippen LogP contribution in [-0.2, 0) is 4.79 Å². The number of anilines is 2. The fraction of sp³-hybridized carbons (Fsp3) is 0.308. The molecule has 2 heterocycles. The van der Waals surface area contributed by atoms with Gasteiger partial charge in [-0.3, -0.25) is 4.79 Å². The van der Waals surface area contributed by atoms with Crippen LogP contribution >= 0.6 is 0 Å². The first kappa shape index (κ1) is 11.1. The highest BCUT2D eigenvalue weighted by Gasteiger charge is 2.26. The molecule has 1 aromatic carbocycles. The molecule has 0 spiro atoms. The molecule has 0 atom stereocenters. The Morgan fingerprint density at radius 1 is 1.22 bits per heavy atom. The summed E-state index contributed by atoms with van der Waals surface area (Å²) in [7, 11) is 0. The van der Waals surface area contributed by atoms with Gasteiger partial charge in [-0.1, -0.05) is 0 Å². The second-order valence-electron chi connectivity index (χ2n) is 4.49. The molecule has 0 unspecified atom stereocenters. The molecule has 4 N–H and O–H groups in total. The average molecular weight is 245 g/mol. The molecule has 18 heavy (non-hydrogen) atoms. The number of nitrogens with two attached hydrogens (primary N) is 1. The number of fused-ring (bicyclic) bond motifs is 1. The topological polar surface area (TPSA) is 76.4 Å². The third kappa shape index (κ3) is 1.93. The van der Waals surface area contributed by atoms with Gasteiger partial charge in [-0.25, -0.2) is 0 Å². The number of ether oxygens (including phenoxy) is 1. The first-order chi connectivity index (χ1) is 8.74. The van der Waals surface area contributed by atoms with Gasteiger partial charge in [-0.15, -0.1) is 0 Å². The Kier molecular flexibility index (Phi) is 2.68. The van der Waals surface area contributed by atoms with Gasteiger partial charge in [0, 0.05) is 5.69 Å². The molecule has 3 rings (SSSR count). The number of rotatable bonds is 0. The van der Waals surface area contributed by atoms with Crippen molar-refractivity contribution in [3.8, 4) is 5.75 Å². The largest absolute Gasteiger partial charge is 0.449 e. The van der Waals surface area contributed by atoms with Gasteiger partial charge in [0.25, 0.3) is 5.91 Å². The molecule has 0 aliphatic carbocycles. The zero-order valence-electron chi connectivity index (χ0n) is 9.95. The summed E-state index contributed by atoms with van der Waals surface area (Å²) in [5.41, 5.74) is 8.00. The molecule has 2 aliphatic heterocycles. The molecule has 0 bridgehead atoms. The molecule has 5 nitrogen and oxygen atoms in total. The lowest BCUT2D eigenvalue weighted by Crippen LogP contribution is -2.30. The Bertz CT molecular complexity index is 529. The first-order valence-electron chi connectivity index (χ1n) is 6.05. The molecule has 1 saturated heterocycles. The minimum Gasteiger partial charge on any atom is -0.449 e. The number of nitrogen functional groups attached to an aromatic ring is 1. The van der Waals surface area contributed by atoms with Crippen LogP contribution in [0.3, 0.4) is 0 Å². The predicted octanol–water partition coefficient (Wildman–Crippen LogP) is 1.24. The van der Waals surface area contributed by atoms with Crippen molar-refractivity contribution in [3.05, 3.63) is 29.5 Å². The normalized spacial score (nSPS) is 19.0. The van der Waals surface area contributed by atoms with Gasteiger partial charge >= 0.3 is 0 Å². The number of hydrogen-bond donors (Lipinski definition) is 3. The van der Waals surface area contributed by atoms with Gasteiger partial charge in [-0.05, 0) is 49.7 Å². The van der Waals surface area contributed by atoms with Crippen molar-refractivity contribution in [1.29, 1.82) is 0 Å². The lowest BCUT2D eigenvalue weighted by molar-refractivity contribution is -0.115. The average Bonchev–Trinajstić information content (AvgIpc) is 2.39. The van der Waals surface area contributed by atoms with Crippen molar-refractivity contribution in [3.63, 3.8) is 0 Å². The Hall–Kier alpha value is -2.01. The van der Waals surface area contributed by atoms with Crippen molar-refractivity contribution in [2.24, 2.45) is 0 Å². The van der Waals surface area contributed by atoms with E-state index in [1.807, 2.05) is 0 Å². The van der Waals surface area contributed by atoms with E-state index >= 15 is 0 Å². The Labute approximate surface area is 105 Å². The maximum atomic E-state index is 12.0. The highest BCUT2D eigenvalue weighted by Crippen LogP contribution is 2.34. The third-order valence-electron chi connectivity index (χ3n) is 3.20. The van der Waals surface area contributed by atoms with Crippen molar-refractivity contribution < 1.29 is 9.53 Å². The third-order valence-corrected chi connectivity index (χ3v) is 3.20. The number of piperidine rings is 1. The van der Waals surface area contributed by atoms with Crippen LogP contribution in [0.4, 0.5) is 11.4 Å². The Morgan fingerprint density at radius 3 is 2.78 bits per heavy atom. The summed E-state index contributed by atoms with van der Waals surface area (Å²) in [4.78, 5) is 12.0. The molecule has 1 amide bonds. The van der Waals surface area contributed by atoms with E-state index in [0.717, 1.165) is 31.5 Å². The molecule has 1 fully saturated rings. The molecule has 0 radical (unpaired) electrons. The van der Waals surface area contributed by atoms with E-state index in [1.54, 1.807) is 18.2 Å². The van der Waals surface area contributed by atoms with Crippen LogP contribution in [0.2, 0.25) is 0 Å². The van der Waals surface area contributed by atoms with Crippen LogP contribution in [0.1, 0.15) is 12.8 Å². The van der Waals surface area contributed by atoms with Crippen molar-refractivity contribution in [1.82, 2.24) is 5.32 Å². The molecule has 0 aromatic heterocycles. The van der Waals surface area contributed by atoms with Crippen LogP contribution in [0.25, 0.3) is 0 Å². The monoisotopic (exact) mass is 245 g/mol. The number of carbonyl (C=O) groups is 1. The second-order valence-corrected chi connectivity index (χ2v) is 4.49. The smallest absolute Gasteiger partial charge is 0.291 e. The number of carbonyl (C=O) groups excluding carboxylic acids is 1. The highest BCUT2D eigenvalue weighted by molar-refractivity contribution is 6.06. The lowest BCUT2D eigenvalue weighted by Gasteiger charge is -2.24. The van der Waals surface area contributed by atoms with Gasteiger partial charge in [0.2, 0.25) is 0 Å². The summed E-state index contributed by atoms with van der Waals surface area (Å²) in [6.45, 7) is 1.79. The number of nitrogens with one attached hydrogen (secondary N) is 2. The SMILES string of the molecule is Nc1ccc2c(c1)NC(=O)C(=C1CCNCC1)O2. The van der Waals surface area contributed by atoms with Crippen LogP contribution in [0.5, 0.6) is 5.75 Å². The van der Waals surface area contributed by atoms with Gasteiger partial charge in [0.15, 0.2) is 11.5 Å². The van der Waals surface area contributed by atoms with Crippen LogP contribution in [-0.4, -0.2) is 19.0 Å². The van der Waals surface area contributed by atoms with E-state index in [1.165, 1.54) is 0 Å². The maximum absolute atomic E-state index is 12.0. The van der Waals surface area contributed by atoms with Crippen molar-refractivity contribution in [2.45, 2.75) is 12.8 Å². The molecule has 0 saturated carbocycles. The standard InChI is InChI=1S/C13H15N3O2/c14-9-1-2-11-10(7-9)16-13(17)12(18-11)8-3-5-15-6-4-8/h1-2,7,15H,3-6,14H2,(H,16,17). The van der Waals surface area contributed by atoms with E-state index in [0.29, 0.717) is 22.9 Å². The van der Waals surface area contributed by atoms with Crippen LogP contribution < -0.4 is 21.1 Å². The minimum absolute atomic E-state index is 0.176. The zero-order chi connectivity index (χ0) is 12.5. The summed E-state index contributed by atoms with van der Waals surface area (Å²) < 4.78 is 5.72. The first-order valence-corrected chi connectivity index (χ1v) is 6.05. The molecule has 5 heteroatoms. The molecular weight excluding hydrogens is 230 g/mol. The van der Waals surface area contributed by atoms with E-state index in [2.05, 4.69) is 10.6 Å². The zero-order valence-corrected chi connectivity index (χ0v) is 9.95. The molecular formula is C13H15N3O2. The Balaban J connectivity index is 1.96. The number of benzene rings is 1. The summed E-state index contributed by atoms with van der Waals surface area (Å²) >= 11 is 0. The van der Waals surface area contributed by atoms with E-state index in [9.17, 15) is 4.79 Å². The number of amides is 1. The lowest BCUT2D eigenvalue weighted by atomic mass is 10.0. The van der Waals surface area contributed by atoms with E-state index < -0.39 is 0 Å². The Morgan fingerprint density at radius 2 is 2.00 bits per heavy atom. The highest BCUT2D eigenvalue weighted by atomic mass is 16.5. The number of hydrogen-bond acceptors (Lipinski definition) is 4. The minimum atomic E-state index is -0.176. The van der Waals surface area contributed by atoms with Gasteiger partial charge < -0.3 is 21.1 Å². The fourth-order valence-corrected chi connectivity index (χ4v) is 2.26. The van der Waals surface area contributed by atoms with Crippen LogP contribution in [0, 0.1) is 0 Å². The maximum Gasteiger partial charge on any atom is 0.291 e. The van der Waals surface area contributed by atoms with Gasteiger partial charge in [0.05, 0.1) is 5.69 Å². The summed E-state index contributed by atoms with van der Waals surface area (Å²) in [5, 5.41) is 6.08. The van der Waals surface area contributed by atoms with E-state index in [-0.39, 0.29) is 5.91 Å².